The first-order chi connectivity index (χ1) is 20.3. The van der Waals surface area contributed by atoms with Gasteiger partial charge in [-0.1, -0.05) is 32.0 Å². The van der Waals surface area contributed by atoms with E-state index < -0.39 is 66.1 Å². The number of rotatable bonds is 8. The molecule has 1 aliphatic rings. The Labute approximate surface area is 247 Å². The lowest BCUT2D eigenvalue weighted by Gasteiger charge is -2.28. The summed E-state index contributed by atoms with van der Waals surface area (Å²) >= 11 is 0. The highest BCUT2D eigenvalue weighted by atomic mass is 16.6. The number of carbonyl (C=O) groups is 3. The molecule has 0 spiro atoms. The maximum atomic E-state index is 13.2. The largest absolute Gasteiger partial charge is 0.455 e. The Balaban J connectivity index is 1.61. The summed E-state index contributed by atoms with van der Waals surface area (Å²) in [5, 5.41) is 41.2. The SMILES string of the molecule is CC(C)[C@H](NC(=O)OC(C)(C)C)C(=O)O[C@H]1[C@@H](O)[C@](C#N)(c2ccc3c(NC(=O)c4ccccc4)ncnn23)O[C@@H]1CO. The summed E-state index contributed by atoms with van der Waals surface area (Å²) in [5.74, 6) is -1.66. The number of anilines is 1. The highest BCUT2D eigenvalue weighted by Gasteiger charge is 2.59. The molecule has 0 radical (unpaired) electrons. The standard InChI is InChI=1S/C29H34N6O8/c1-16(2)21(33-27(40)43-28(3,4)5)26(39)41-22-19(13-36)42-29(14-30,23(22)37)20-12-11-18-24(31-15-32-35(18)20)34-25(38)17-9-7-6-8-10-17/h6-12,15-16,19,21-23,36-37H,13H2,1-5H3,(H,33,40)(H,31,32,34,38)/t19-,21+,22-,23-,29+/m1/s1. The van der Waals surface area contributed by atoms with Crippen LogP contribution in [-0.2, 0) is 24.6 Å². The lowest BCUT2D eigenvalue weighted by Crippen LogP contribution is -2.50. The molecule has 2 amide bonds. The fourth-order valence-corrected chi connectivity index (χ4v) is 4.67. The number of carbonyl (C=O) groups excluding carboxylic acids is 3. The smallest absolute Gasteiger partial charge is 0.408 e. The Morgan fingerprint density at radius 3 is 2.49 bits per heavy atom. The van der Waals surface area contributed by atoms with Gasteiger partial charge in [-0.2, -0.15) is 10.4 Å². The first-order valence-electron chi connectivity index (χ1n) is 13.6. The molecule has 4 N–H and O–H groups in total. The van der Waals surface area contributed by atoms with Gasteiger partial charge >= 0.3 is 12.1 Å². The van der Waals surface area contributed by atoms with Gasteiger partial charge in [-0.25, -0.2) is 19.1 Å². The number of amides is 2. The van der Waals surface area contributed by atoms with E-state index in [4.69, 9.17) is 14.2 Å². The zero-order valence-corrected chi connectivity index (χ0v) is 24.3. The number of hydrogen-bond acceptors (Lipinski definition) is 11. The van der Waals surface area contributed by atoms with Crippen LogP contribution in [0.2, 0.25) is 0 Å². The van der Waals surface area contributed by atoms with Crippen LogP contribution in [0.15, 0.2) is 48.8 Å². The minimum absolute atomic E-state index is 0.0411. The molecule has 228 valence electrons. The van der Waals surface area contributed by atoms with E-state index >= 15 is 0 Å². The predicted molar refractivity (Wildman–Crippen MR) is 151 cm³/mol. The maximum Gasteiger partial charge on any atom is 0.408 e. The van der Waals surface area contributed by atoms with Crippen LogP contribution >= 0.6 is 0 Å². The first kappa shape index (κ1) is 31.4. The van der Waals surface area contributed by atoms with Gasteiger partial charge in [0.2, 0.25) is 5.60 Å². The van der Waals surface area contributed by atoms with Gasteiger partial charge < -0.3 is 35.1 Å². The summed E-state index contributed by atoms with van der Waals surface area (Å²) in [7, 11) is 0. The summed E-state index contributed by atoms with van der Waals surface area (Å²) in [6.07, 6.45) is -4.28. The van der Waals surface area contributed by atoms with Crippen molar-refractivity contribution >= 4 is 29.3 Å². The van der Waals surface area contributed by atoms with Crippen LogP contribution in [0.1, 0.15) is 50.7 Å². The number of nitrogens with one attached hydrogen (secondary N) is 2. The number of hydrogen-bond donors (Lipinski definition) is 4. The third kappa shape index (κ3) is 6.43. The fraction of sp³-hybridized carbons (Fsp3) is 0.448. The summed E-state index contributed by atoms with van der Waals surface area (Å²) < 4.78 is 18.0. The third-order valence-electron chi connectivity index (χ3n) is 6.72. The quantitative estimate of drug-likeness (QED) is 0.278. The van der Waals surface area contributed by atoms with Crippen molar-refractivity contribution in [2.24, 2.45) is 5.92 Å². The van der Waals surface area contributed by atoms with E-state index in [-0.39, 0.29) is 17.0 Å². The summed E-state index contributed by atoms with van der Waals surface area (Å²) in [4.78, 5) is 42.5. The molecular formula is C29H34N6O8. The molecule has 5 atom stereocenters. The lowest BCUT2D eigenvalue weighted by atomic mass is 9.92. The number of ether oxygens (including phenoxy) is 3. The van der Waals surface area contributed by atoms with Crippen LogP contribution in [0.3, 0.4) is 0 Å². The van der Waals surface area contributed by atoms with Crippen LogP contribution < -0.4 is 10.6 Å². The van der Waals surface area contributed by atoms with E-state index in [1.807, 2.05) is 6.07 Å². The van der Waals surface area contributed by atoms with Crippen LogP contribution in [0.25, 0.3) is 5.52 Å². The maximum absolute atomic E-state index is 13.2. The van der Waals surface area contributed by atoms with Crippen molar-refractivity contribution in [2.45, 2.75) is 70.2 Å². The van der Waals surface area contributed by atoms with Crippen LogP contribution in [0, 0.1) is 17.2 Å². The molecule has 1 aliphatic heterocycles. The molecule has 0 unspecified atom stereocenters. The number of esters is 1. The zero-order chi connectivity index (χ0) is 31.5. The van der Waals surface area contributed by atoms with Gasteiger partial charge in [0.1, 0.15) is 41.8 Å². The van der Waals surface area contributed by atoms with E-state index in [2.05, 4.69) is 20.7 Å². The summed E-state index contributed by atoms with van der Waals surface area (Å²) in [5.41, 5.74) is -2.24. The Morgan fingerprint density at radius 1 is 1.19 bits per heavy atom. The Morgan fingerprint density at radius 2 is 1.88 bits per heavy atom. The number of aliphatic hydroxyl groups excluding tert-OH is 2. The van der Waals surface area contributed by atoms with Crippen molar-refractivity contribution in [1.82, 2.24) is 19.9 Å². The predicted octanol–water partition coefficient (Wildman–Crippen LogP) is 1.91. The molecule has 1 saturated heterocycles. The molecule has 0 saturated carbocycles. The molecule has 2 aromatic heterocycles. The zero-order valence-electron chi connectivity index (χ0n) is 24.3. The average Bonchev–Trinajstić information content (AvgIpc) is 3.51. The Kier molecular flexibility index (Phi) is 9.00. The van der Waals surface area contributed by atoms with Gasteiger partial charge in [-0.15, -0.1) is 0 Å². The van der Waals surface area contributed by atoms with Crippen molar-refractivity contribution in [2.75, 3.05) is 11.9 Å². The van der Waals surface area contributed by atoms with Crippen LogP contribution in [0.4, 0.5) is 10.6 Å². The van der Waals surface area contributed by atoms with Gasteiger partial charge in [0.15, 0.2) is 11.9 Å². The van der Waals surface area contributed by atoms with Gasteiger partial charge in [0.25, 0.3) is 5.91 Å². The van der Waals surface area contributed by atoms with Gasteiger partial charge in [-0.3, -0.25) is 4.79 Å². The van der Waals surface area contributed by atoms with E-state index in [9.17, 15) is 29.9 Å². The monoisotopic (exact) mass is 594 g/mol. The van der Waals surface area contributed by atoms with Crippen molar-refractivity contribution in [3.63, 3.8) is 0 Å². The molecule has 0 bridgehead atoms. The fourth-order valence-electron chi connectivity index (χ4n) is 4.67. The van der Waals surface area contributed by atoms with E-state index in [1.165, 1.54) is 16.6 Å². The highest BCUT2D eigenvalue weighted by Crippen LogP contribution is 2.42. The normalized spacial score (nSPS) is 22.5. The molecule has 1 aromatic carbocycles. The first-order valence-corrected chi connectivity index (χ1v) is 13.6. The highest BCUT2D eigenvalue weighted by molar-refractivity contribution is 6.05. The van der Waals surface area contributed by atoms with Crippen molar-refractivity contribution in [3.05, 3.63) is 60.0 Å². The molecule has 14 heteroatoms. The Bertz CT molecular complexity index is 1530. The molecule has 3 heterocycles. The van der Waals surface area contributed by atoms with Gasteiger partial charge in [0.05, 0.1) is 12.3 Å². The molecular weight excluding hydrogens is 560 g/mol. The molecule has 14 nitrogen and oxygen atoms in total. The molecule has 43 heavy (non-hydrogen) atoms. The number of nitrogens with zero attached hydrogens (tertiary/aromatic N) is 4. The molecule has 1 fully saturated rings. The average molecular weight is 595 g/mol. The van der Waals surface area contributed by atoms with Crippen molar-refractivity contribution in [3.8, 4) is 6.07 Å². The molecule has 3 aromatic rings. The number of alkyl carbamates (subject to hydrolysis) is 1. The van der Waals surface area contributed by atoms with E-state index in [0.29, 0.717) is 5.56 Å². The summed E-state index contributed by atoms with van der Waals surface area (Å²) in [6, 6.07) is 12.2. The minimum Gasteiger partial charge on any atom is -0.455 e. The Hall–Kier alpha value is -4.58. The van der Waals surface area contributed by atoms with Gasteiger partial charge in [-0.05, 0) is 51.0 Å². The van der Waals surface area contributed by atoms with E-state index in [0.717, 1.165) is 6.33 Å². The van der Waals surface area contributed by atoms with Gasteiger partial charge in [0, 0.05) is 5.56 Å². The second-order valence-electron chi connectivity index (χ2n) is 11.3. The molecule has 4 rings (SSSR count). The topological polar surface area (TPSA) is 197 Å². The molecule has 0 aliphatic carbocycles. The third-order valence-corrected chi connectivity index (χ3v) is 6.72. The second-order valence-corrected chi connectivity index (χ2v) is 11.3. The van der Waals surface area contributed by atoms with Crippen LogP contribution in [-0.4, -0.2) is 79.3 Å². The van der Waals surface area contributed by atoms with Crippen LogP contribution in [0.5, 0.6) is 0 Å². The number of fused-ring (bicyclic) bond motifs is 1. The number of aliphatic hydroxyl groups is 2. The lowest BCUT2D eigenvalue weighted by molar-refractivity contribution is -0.160. The van der Waals surface area contributed by atoms with E-state index in [1.54, 1.807) is 65.0 Å². The number of benzene rings is 1. The van der Waals surface area contributed by atoms with Crippen molar-refractivity contribution < 1.29 is 38.8 Å². The second kappa shape index (κ2) is 12.3. The number of aromatic nitrogens is 3. The minimum atomic E-state index is -2.15. The number of nitriles is 1. The summed E-state index contributed by atoms with van der Waals surface area (Å²) in [6.45, 7) is 7.66. The van der Waals surface area contributed by atoms with Crippen molar-refractivity contribution in [1.29, 1.82) is 5.26 Å².